The highest BCUT2D eigenvalue weighted by Crippen LogP contribution is 2.00. The Balaban J connectivity index is 4.19. The van der Waals surface area contributed by atoms with E-state index in [1.807, 2.05) is 27.7 Å². The first-order chi connectivity index (χ1) is 6.89. The Bertz CT molecular complexity index is 239. The van der Waals surface area contributed by atoms with E-state index in [2.05, 4.69) is 22.4 Å². The third-order valence-electron chi connectivity index (χ3n) is 1.58. The first-order valence-electron chi connectivity index (χ1n) is 5.34. The fourth-order valence-corrected chi connectivity index (χ4v) is 0.969. The average Bonchev–Trinajstić information content (AvgIpc) is 2.11. The molecular weight excluding hydrogens is 190 g/mol. The molecule has 0 bridgehead atoms. The Morgan fingerprint density at radius 1 is 1.33 bits per heavy atom. The topological polar surface area (TPSA) is 46.0 Å². The predicted octanol–water partition coefficient (Wildman–Crippen LogP) is 2.55. The van der Waals surface area contributed by atoms with Crippen LogP contribution in [-0.4, -0.2) is 24.3 Å². The molecule has 1 N–H and O–H groups in total. The first-order valence-corrected chi connectivity index (χ1v) is 5.34. The number of nitrogens with one attached hydrogen (secondary N) is 1. The molecule has 0 rings (SSSR count). The van der Waals surface area contributed by atoms with Crippen molar-refractivity contribution < 1.29 is 4.84 Å². The summed E-state index contributed by atoms with van der Waals surface area (Å²) >= 11 is 0. The molecule has 0 aliphatic carbocycles. The van der Waals surface area contributed by atoms with Crippen molar-refractivity contribution in [2.75, 3.05) is 7.05 Å². The SMILES string of the molecule is CCC/C(C)=N\OC(=NC)NC(C)(C)C. The van der Waals surface area contributed by atoms with E-state index in [4.69, 9.17) is 4.84 Å². The lowest BCUT2D eigenvalue weighted by Gasteiger charge is -2.21. The van der Waals surface area contributed by atoms with Crippen molar-refractivity contribution in [3.8, 4) is 0 Å². The molecule has 0 atom stereocenters. The van der Waals surface area contributed by atoms with E-state index in [0.717, 1.165) is 18.6 Å². The summed E-state index contributed by atoms with van der Waals surface area (Å²) in [5.74, 6) is 0. The fourth-order valence-electron chi connectivity index (χ4n) is 0.969. The summed E-state index contributed by atoms with van der Waals surface area (Å²) in [7, 11) is 1.68. The van der Waals surface area contributed by atoms with E-state index in [1.165, 1.54) is 0 Å². The van der Waals surface area contributed by atoms with Crippen LogP contribution < -0.4 is 5.32 Å². The summed E-state index contributed by atoms with van der Waals surface area (Å²) in [5, 5.41) is 7.12. The van der Waals surface area contributed by atoms with E-state index in [-0.39, 0.29) is 5.54 Å². The van der Waals surface area contributed by atoms with Crippen molar-refractivity contribution in [1.82, 2.24) is 5.32 Å². The molecule has 0 aliphatic rings. The molecule has 0 saturated carbocycles. The zero-order chi connectivity index (χ0) is 11.9. The Morgan fingerprint density at radius 3 is 2.33 bits per heavy atom. The van der Waals surface area contributed by atoms with Gasteiger partial charge in [0.2, 0.25) is 0 Å². The molecule has 15 heavy (non-hydrogen) atoms. The third-order valence-corrected chi connectivity index (χ3v) is 1.58. The van der Waals surface area contributed by atoms with Crippen LogP contribution in [0.15, 0.2) is 10.1 Å². The lowest BCUT2D eigenvalue weighted by Crippen LogP contribution is -2.41. The lowest BCUT2D eigenvalue weighted by molar-refractivity contribution is 0.291. The van der Waals surface area contributed by atoms with Crippen molar-refractivity contribution in [2.24, 2.45) is 10.1 Å². The number of hydrogen-bond acceptors (Lipinski definition) is 3. The summed E-state index contributed by atoms with van der Waals surface area (Å²) in [5.41, 5.74) is 0.914. The molecule has 0 aromatic heterocycles. The van der Waals surface area contributed by atoms with Crippen LogP contribution >= 0.6 is 0 Å². The Morgan fingerprint density at radius 2 is 1.93 bits per heavy atom. The van der Waals surface area contributed by atoms with E-state index in [1.54, 1.807) is 7.05 Å². The molecule has 0 aliphatic heterocycles. The van der Waals surface area contributed by atoms with Crippen molar-refractivity contribution in [1.29, 1.82) is 0 Å². The van der Waals surface area contributed by atoms with Crippen molar-refractivity contribution >= 4 is 11.7 Å². The maximum atomic E-state index is 5.21. The van der Waals surface area contributed by atoms with E-state index in [9.17, 15) is 0 Å². The molecule has 4 nitrogen and oxygen atoms in total. The van der Waals surface area contributed by atoms with Crippen LogP contribution in [0.1, 0.15) is 47.5 Å². The first kappa shape index (κ1) is 13.9. The van der Waals surface area contributed by atoms with Gasteiger partial charge < -0.3 is 10.2 Å². The molecule has 0 amide bonds. The number of oxime groups is 1. The summed E-state index contributed by atoms with van der Waals surface area (Å²) < 4.78 is 0. The predicted molar refractivity (Wildman–Crippen MR) is 65.3 cm³/mol. The normalized spacial score (nSPS) is 14.0. The second-order valence-corrected chi connectivity index (χ2v) is 4.57. The molecule has 4 heteroatoms. The smallest absolute Gasteiger partial charge is 0.315 e. The van der Waals surface area contributed by atoms with E-state index >= 15 is 0 Å². The van der Waals surface area contributed by atoms with Crippen LogP contribution in [0.5, 0.6) is 0 Å². The summed E-state index contributed by atoms with van der Waals surface area (Å²) in [4.78, 5) is 9.19. The standard InChI is InChI=1S/C11H23N3O/c1-7-8-9(2)14-15-10(12-6)13-11(3,4)5/h7-8H2,1-6H3,(H,12,13)/b14-9-. The number of aliphatic imine (C=N–C) groups is 1. The molecule has 0 fully saturated rings. The molecule has 0 saturated heterocycles. The van der Waals surface area contributed by atoms with Crippen molar-refractivity contribution in [3.05, 3.63) is 0 Å². The van der Waals surface area contributed by atoms with Crippen molar-refractivity contribution in [2.45, 2.75) is 53.0 Å². The summed E-state index contributed by atoms with van der Waals surface area (Å²) in [6.45, 7) is 10.2. The van der Waals surface area contributed by atoms with Crippen LogP contribution in [0, 0.1) is 0 Å². The number of nitrogens with zero attached hydrogens (tertiary/aromatic N) is 2. The van der Waals surface area contributed by atoms with Crippen LogP contribution in [0.4, 0.5) is 0 Å². The minimum absolute atomic E-state index is 0.0664. The molecule has 0 spiro atoms. The van der Waals surface area contributed by atoms with Crippen LogP contribution in [-0.2, 0) is 4.84 Å². The Hall–Kier alpha value is -1.06. The largest absolute Gasteiger partial charge is 0.334 e. The highest BCUT2D eigenvalue weighted by molar-refractivity contribution is 5.82. The molecule has 0 aromatic carbocycles. The zero-order valence-electron chi connectivity index (χ0n) is 10.7. The highest BCUT2D eigenvalue weighted by atomic mass is 16.6. The highest BCUT2D eigenvalue weighted by Gasteiger charge is 2.12. The van der Waals surface area contributed by atoms with Gasteiger partial charge in [-0.2, -0.15) is 0 Å². The van der Waals surface area contributed by atoms with Gasteiger partial charge in [0.1, 0.15) is 0 Å². The Kier molecular flexibility index (Phi) is 5.97. The van der Waals surface area contributed by atoms with Gasteiger partial charge in [-0.25, -0.2) is 4.99 Å². The van der Waals surface area contributed by atoms with Gasteiger partial charge in [0, 0.05) is 12.6 Å². The molecule has 0 aromatic rings. The van der Waals surface area contributed by atoms with Crippen molar-refractivity contribution in [3.63, 3.8) is 0 Å². The fraction of sp³-hybridized carbons (Fsp3) is 0.818. The van der Waals surface area contributed by atoms with Gasteiger partial charge in [-0.1, -0.05) is 18.5 Å². The Labute approximate surface area is 92.8 Å². The second kappa shape index (κ2) is 6.43. The minimum atomic E-state index is -0.0664. The molecule has 0 heterocycles. The second-order valence-electron chi connectivity index (χ2n) is 4.57. The third kappa shape index (κ3) is 7.97. The van der Waals surface area contributed by atoms with Crippen LogP contribution in [0.2, 0.25) is 0 Å². The molecule has 0 radical (unpaired) electrons. The molecular formula is C11H23N3O. The van der Waals surface area contributed by atoms with Gasteiger partial charge >= 0.3 is 6.02 Å². The summed E-state index contributed by atoms with van der Waals surface area (Å²) in [6, 6.07) is 0.456. The van der Waals surface area contributed by atoms with Crippen LogP contribution in [0.25, 0.3) is 0 Å². The number of hydrogen-bond donors (Lipinski definition) is 1. The quantitative estimate of drug-likeness (QED) is 0.445. The maximum Gasteiger partial charge on any atom is 0.315 e. The monoisotopic (exact) mass is 213 g/mol. The zero-order valence-corrected chi connectivity index (χ0v) is 10.7. The number of amidine groups is 1. The minimum Gasteiger partial charge on any atom is -0.334 e. The maximum absolute atomic E-state index is 5.21. The van der Waals surface area contributed by atoms with Crippen LogP contribution in [0.3, 0.4) is 0 Å². The van der Waals surface area contributed by atoms with Gasteiger partial charge in [-0.15, -0.1) is 0 Å². The molecule has 88 valence electrons. The number of rotatable bonds is 3. The summed E-state index contributed by atoms with van der Waals surface area (Å²) in [6.07, 6.45) is 2.02. The van der Waals surface area contributed by atoms with Gasteiger partial charge in [0.25, 0.3) is 0 Å². The van der Waals surface area contributed by atoms with Gasteiger partial charge in [0.05, 0.1) is 5.71 Å². The van der Waals surface area contributed by atoms with E-state index in [0.29, 0.717) is 6.02 Å². The lowest BCUT2D eigenvalue weighted by atomic mass is 10.1. The van der Waals surface area contributed by atoms with Gasteiger partial charge in [0.15, 0.2) is 0 Å². The average molecular weight is 213 g/mol. The van der Waals surface area contributed by atoms with Gasteiger partial charge in [-0.3, -0.25) is 0 Å². The molecule has 0 unspecified atom stereocenters. The van der Waals surface area contributed by atoms with Gasteiger partial charge in [-0.05, 0) is 34.1 Å². The van der Waals surface area contributed by atoms with E-state index < -0.39 is 0 Å².